The third-order valence-electron chi connectivity index (χ3n) is 12.3. The summed E-state index contributed by atoms with van der Waals surface area (Å²) >= 11 is 0. The van der Waals surface area contributed by atoms with E-state index in [0.29, 0.717) is 11.6 Å². The predicted octanol–water partition coefficient (Wildman–Crippen LogP) is 13.7. The summed E-state index contributed by atoms with van der Waals surface area (Å²) in [4.78, 5) is 15.6. The zero-order valence-corrected chi connectivity index (χ0v) is 32.8. The van der Waals surface area contributed by atoms with Crippen LogP contribution in [0.4, 0.5) is 0 Å². The molecule has 0 N–H and O–H groups in total. The molecular weight excluding hydrogens is 733 g/mol. The van der Waals surface area contributed by atoms with E-state index in [1.807, 2.05) is 30.3 Å². The van der Waals surface area contributed by atoms with E-state index in [2.05, 4.69) is 162 Å². The topological polar surface area (TPSA) is 56.7 Å². The molecule has 3 aromatic heterocycles. The summed E-state index contributed by atoms with van der Waals surface area (Å²) < 4.78 is 9.17. The Morgan fingerprint density at radius 3 is 2.17 bits per heavy atom. The molecule has 60 heavy (non-hydrogen) atoms. The first-order valence-corrected chi connectivity index (χ1v) is 20.7. The molecule has 9 aromatic rings. The molecule has 0 aliphatic heterocycles. The quantitative estimate of drug-likeness (QED) is 0.162. The number of fused-ring (bicyclic) bond motifs is 6. The Bertz CT molecular complexity index is 3330. The van der Waals surface area contributed by atoms with Crippen LogP contribution in [0.2, 0.25) is 0 Å². The van der Waals surface area contributed by atoms with Gasteiger partial charge in [0.25, 0.3) is 0 Å². The van der Waals surface area contributed by atoms with E-state index < -0.39 is 0 Å². The molecule has 6 aromatic carbocycles. The van der Waals surface area contributed by atoms with E-state index in [9.17, 15) is 0 Å². The van der Waals surface area contributed by atoms with Gasteiger partial charge < -0.3 is 8.98 Å². The summed E-state index contributed by atoms with van der Waals surface area (Å²) in [7, 11) is 0. The van der Waals surface area contributed by atoms with Crippen LogP contribution in [0.15, 0.2) is 198 Å². The molecule has 0 saturated heterocycles. The van der Waals surface area contributed by atoms with Crippen LogP contribution in [0.25, 0.3) is 84.1 Å². The molecule has 5 heteroatoms. The summed E-state index contributed by atoms with van der Waals surface area (Å²) in [6, 6.07) is 51.3. The van der Waals surface area contributed by atoms with Crippen LogP contribution in [-0.2, 0) is 6.42 Å². The van der Waals surface area contributed by atoms with Crippen LogP contribution >= 0.6 is 0 Å². The fourth-order valence-corrected chi connectivity index (χ4v) is 9.41. The molecule has 0 bridgehead atoms. The van der Waals surface area contributed by atoms with E-state index in [1.165, 1.54) is 55.6 Å². The smallest absolute Gasteiger partial charge is 0.164 e. The van der Waals surface area contributed by atoms with Gasteiger partial charge in [0.15, 0.2) is 11.6 Å². The van der Waals surface area contributed by atoms with Gasteiger partial charge in [-0.2, -0.15) is 0 Å². The molecule has 1 atom stereocenters. The molecule has 0 spiro atoms. The normalized spacial score (nSPS) is 15.8. The highest BCUT2D eigenvalue weighted by atomic mass is 16.3. The van der Waals surface area contributed by atoms with Crippen LogP contribution in [0.5, 0.6) is 0 Å². The van der Waals surface area contributed by atoms with Gasteiger partial charge in [-0.1, -0.05) is 146 Å². The van der Waals surface area contributed by atoms with E-state index >= 15 is 0 Å². The number of rotatable bonds is 7. The van der Waals surface area contributed by atoms with Crippen molar-refractivity contribution < 1.29 is 4.42 Å². The fourth-order valence-electron chi connectivity index (χ4n) is 9.41. The highest BCUT2D eigenvalue weighted by molar-refractivity contribution is 6.12. The van der Waals surface area contributed by atoms with Crippen LogP contribution < -0.4 is 0 Å². The van der Waals surface area contributed by atoms with Gasteiger partial charge in [-0.15, -0.1) is 0 Å². The van der Waals surface area contributed by atoms with Crippen molar-refractivity contribution in [1.82, 2.24) is 19.5 Å². The second-order valence-corrected chi connectivity index (χ2v) is 15.8. The zero-order chi connectivity index (χ0) is 39.6. The number of furan rings is 1. The maximum absolute atomic E-state index is 6.76. The number of nitrogens with zero attached hydrogens (tertiary/aromatic N) is 4. The average molecular weight is 771 g/mol. The first-order valence-electron chi connectivity index (χ1n) is 20.7. The Hall–Kier alpha value is -7.63. The minimum atomic E-state index is -0.0619. The lowest BCUT2D eigenvalue weighted by Gasteiger charge is -2.18. The first kappa shape index (κ1) is 34.4. The molecular formula is C55H38N4O. The number of allylic oxidation sites excluding steroid dienone is 9. The Morgan fingerprint density at radius 2 is 1.37 bits per heavy atom. The molecule has 284 valence electrons. The van der Waals surface area contributed by atoms with Gasteiger partial charge in [-0.25, -0.2) is 15.0 Å². The molecule has 5 nitrogen and oxygen atoms in total. The van der Waals surface area contributed by atoms with Gasteiger partial charge in [0.1, 0.15) is 17.0 Å². The summed E-state index contributed by atoms with van der Waals surface area (Å²) in [5.41, 5.74) is 15.9. The third-order valence-corrected chi connectivity index (χ3v) is 12.3. The Kier molecular flexibility index (Phi) is 8.05. The molecule has 12 rings (SSSR count). The second-order valence-electron chi connectivity index (χ2n) is 15.8. The fraction of sp³-hybridized carbons (Fsp3) is 0.0727. The highest BCUT2D eigenvalue weighted by Gasteiger charge is 2.27. The van der Waals surface area contributed by atoms with Gasteiger partial charge in [0, 0.05) is 45.5 Å². The predicted molar refractivity (Wildman–Crippen MR) is 245 cm³/mol. The Morgan fingerprint density at radius 1 is 0.583 bits per heavy atom. The molecule has 0 fully saturated rings. The third kappa shape index (κ3) is 5.73. The van der Waals surface area contributed by atoms with Gasteiger partial charge in [0.2, 0.25) is 0 Å². The Balaban J connectivity index is 1.01. The van der Waals surface area contributed by atoms with Crippen molar-refractivity contribution in [3.05, 3.63) is 216 Å². The van der Waals surface area contributed by atoms with Gasteiger partial charge >= 0.3 is 0 Å². The summed E-state index contributed by atoms with van der Waals surface area (Å²) in [5, 5.41) is 3.29. The highest BCUT2D eigenvalue weighted by Crippen LogP contribution is 2.44. The van der Waals surface area contributed by atoms with Crippen molar-refractivity contribution in [2.75, 3.05) is 0 Å². The Labute approximate surface area is 347 Å². The maximum Gasteiger partial charge on any atom is 0.164 e. The summed E-state index contributed by atoms with van der Waals surface area (Å²) in [6.45, 7) is 0. The molecule has 0 amide bonds. The van der Waals surface area contributed by atoms with Gasteiger partial charge in [-0.3, -0.25) is 0 Å². The lowest BCUT2D eigenvalue weighted by atomic mass is 9.89. The average Bonchev–Trinajstić information content (AvgIpc) is 4.12. The van der Waals surface area contributed by atoms with E-state index in [0.717, 1.165) is 63.8 Å². The minimum Gasteiger partial charge on any atom is -0.456 e. The van der Waals surface area contributed by atoms with Crippen molar-refractivity contribution in [1.29, 1.82) is 0 Å². The van der Waals surface area contributed by atoms with Crippen LogP contribution in [0.1, 0.15) is 41.4 Å². The SMILES string of the molecule is C1=CCCC(C2=CC=CC2c2nc(-c3ccccc3)nc(-c3cccc4oc5cc(-n6c7c(c8cc(-c9ccccc9)ccc86)CC(c6ccccc6)=C7)ccc5c34)n2)=C1. The van der Waals surface area contributed by atoms with Crippen molar-refractivity contribution in [2.45, 2.75) is 25.2 Å². The van der Waals surface area contributed by atoms with Crippen LogP contribution in [0, 0.1) is 0 Å². The van der Waals surface area contributed by atoms with Crippen molar-refractivity contribution >= 4 is 44.5 Å². The molecule has 3 aliphatic rings. The van der Waals surface area contributed by atoms with Crippen molar-refractivity contribution in [3.8, 4) is 39.6 Å². The monoisotopic (exact) mass is 770 g/mol. The number of benzene rings is 6. The van der Waals surface area contributed by atoms with E-state index in [1.54, 1.807) is 0 Å². The molecule has 0 saturated carbocycles. The summed E-state index contributed by atoms with van der Waals surface area (Å²) in [5.74, 6) is 1.98. The van der Waals surface area contributed by atoms with Crippen LogP contribution in [0.3, 0.4) is 0 Å². The van der Waals surface area contributed by atoms with Gasteiger partial charge in [-0.05, 0) is 88.2 Å². The number of aromatic nitrogens is 4. The minimum absolute atomic E-state index is 0.0619. The number of hydrogen-bond acceptors (Lipinski definition) is 4. The first-order chi connectivity index (χ1) is 29.7. The molecule has 0 radical (unpaired) electrons. The lowest BCUT2D eigenvalue weighted by Crippen LogP contribution is -2.09. The lowest BCUT2D eigenvalue weighted by molar-refractivity contribution is 0.668. The zero-order valence-electron chi connectivity index (χ0n) is 32.8. The largest absolute Gasteiger partial charge is 0.456 e. The van der Waals surface area contributed by atoms with Gasteiger partial charge in [0.05, 0.1) is 17.1 Å². The van der Waals surface area contributed by atoms with E-state index in [-0.39, 0.29) is 5.92 Å². The molecule has 1 unspecified atom stereocenters. The van der Waals surface area contributed by atoms with Crippen molar-refractivity contribution in [2.24, 2.45) is 0 Å². The standard InChI is InChI=1S/C55H38N4O/c1-5-15-35(16-6-1)39-27-30-48-46(31-39)47-32-40(36-17-7-2-8-18-36)33-49(47)59(48)41-28-29-44-51(34-41)60-50-26-14-25-45(52(44)50)55-57-53(38-21-11-4-12-22-38)56-54(58-55)43-24-13-23-42(43)37-19-9-3-10-20-37/h1-9,11-19,21-31,33-34,43H,10,20,32H2. The number of hydrogen-bond donors (Lipinski definition) is 0. The van der Waals surface area contributed by atoms with Crippen molar-refractivity contribution in [3.63, 3.8) is 0 Å². The van der Waals surface area contributed by atoms with E-state index in [4.69, 9.17) is 19.4 Å². The molecule has 3 aliphatic carbocycles. The summed E-state index contributed by atoms with van der Waals surface area (Å²) in [6.07, 6.45) is 18.5. The molecule has 3 heterocycles. The second kappa shape index (κ2) is 14.0. The maximum atomic E-state index is 6.76. The van der Waals surface area contributed by atoms with Crippen LogP contribution in [-0.4, -0.2) is 19.5 Å².